The van der Waals surface area contributed by atoms with Crippen molar-refractivity contribution in [1.29, 1.82) is 0 Å². The Morgan fingerprint density at radius 3 is 2.55 bits per heavy atom. The number of ether oxygens (including phenoxy) is 1. The van der Waals surface area contributed by atoms with Gasteiger partial charge in [-0.15, -0.1) is 11.8 Å². The number of thioether (sulfide) groups is 1. The van der Waals surface area contributed by atoms with Gasteiger partial charge in [-0.2, -0.15) is 0 Å². The van der Waals surface area contributed by atoms with Crippen LogP contribution in [-0.4, -0.2) is 19.1 Å². The molecule has 0 aromatic heterocycles. The third-order valence-electron chi connectivity index (χ3n) is 3.22. The molecule has 0 aliphatic heterocycles. The number of hydrogen-bond acceptors (Lipinski definition) is 3. The highest BCUT2D eigenvalue weighted by atomic mass is 32.2. The highest BCUT2D eigenvalue weighted by Gasteiger charge is 2.12. The average molecular weight is 286 g/mol. The van der Waals surface area contributed by atoms with Crippen LogP contribution in [-0.2, 0) is 6.42 Å². The van der Waals surface area contributed by atoms with Gasteiger partial charge in [0, 0.05) is 11.3 Å². The van der Waals surface area contributed by atoms with E-state index in [0.29, 0.717) is 17.7 Å². The van der Waals surface area contributed by atoms with Crippen LogP contribution in [0.25, 0.3) is 0 Å². The first kappa shape index (κ1) is 14.7. The third kappa shape index (κ3) is 3.42. The number of ketones is 1. The van der Waals surface area contributed by atoms with E-state index in [0.717, 1.165) is 6.42 Å². The maximum Gasteiger partial charge on any atom is 0.166 e. The summed E-state index contributed by atoms with van der Waals surface area (Å²) < 4.78 is 5.24. The summed E-state index contributed by atoms with van der Waals surface area (Å²) in [6.07, 6.45) is 3.31. The van der Waals surface area contributed by atoms with Crippen molar-refractivity contribution in [2.24, 2.45) is 0 Å². The van der Waals surface area contributed by atoms with Gasteiger partial charge in [-0.1, -0.05) is 30.3 Å². The minimum atomic E-state index is 0.123. The number of hydrogen-bond donors (Lipinski definition) is 0. The zero-order valence-corrected chi connectivity index (χ0v) is 12.6. The number of para-hydroxylation sites is 1. The largest absolute Gasteiger partial charge is 0.496 e. The van der Waals surface area contributed by atoms with E-state index in [1.54, 1.807) is 18.9 Å². The molecule has 0 fully saturated rings. The Morgan fingerprint density at radius 1 is 1.10 bits per heavy atom. The van der Waals surface area contributed by atoms with E-state index in [9.17, 15) is 4.79 Å². The summed E-state index contributed by atoms with van der Waals surface area (Å²) in [6.45, 7) is 0. The summed E-state index contributed by atoms with van der Waals surface area (Å²) in [5.41, 5.74) is 1.89. The molecule has 0 N–H and O–H groups in total. The van der Waals surface area contributed by atoms with Crippen molar-refractivity contribution in [2.75, 3.05) is 13.4 Å². The zero-order valence-electron chi connectivity index (χ0n) is 11.8. The van der Waals surface area contributed by atoms with Crippen LogP contribution in [0, 0.1) is 0 Å². The topological polar surface area (TPSA) is 26.3 Å². The highest BCUT2D eigenvalue weighted by molar-refractivity contribution is 7.98. The Hall–Kier alpha value is -1.74. The van der Waals surface area contributed by atoms with Gasteiger partial charge >= 0.3 is 0 Å². The van der Waals surface area contributed by atoms with Gasteiger partial charge in [-0.05, 0) is 36.4 Å². The van der Waals surface area contributed by atoms with E-state index < -0.39 is 0 Å². The Balaban J connectivity index is 2.09. The minimum Gasteiger partial charge on any atom is -0.496 e. The molecule has 2 nitrogen and oxygen atoms in total. The normalized spacial score (nSPS) is 10.3. The lowest BCUT2D eigenvalue weighted by molar-refractivity contribution is 0.0979. The van der Waals surface area contributed by atoms with E-state index in [1.165, 1.54) is 10.5 Å². The number of Topliss-reactive ketones (excluding diaryl/α,β-unsaturated/α-hetero) is 1. The number of aryl methyl sites for hydroxylation is 1. The van der Waals surface area contributed by atoms with Crippen LogP contribution in [0.2, 0.25) is 0 Å². The quantitative estimate of drug-likeness (QED) is 0.587. The second-order valence-corrected chi connectivity index (χ2v) is 5.28. The van der Waals surface area contributed by atoms with E-state index >= 15 is 0 Å². The highest BCUT2D eigenvalue weighted by Crippen LogP contribution is 2.23. The molecule has 0 radical (unpaired) electrons. The van der Waals surface area contributed by atoms with E-state index in [2.05, 4.69) is 18.4 Å². The van der Waals surface area contributed by atoms with E-state index in [-0.39, 0.29) is 5.78 Å². The summed E-state index contributed by atoms with van der Waals surface area (Å²) in [5.74, 6) is 0.772. The summed E-state index contributed by atoms with van der Waals surface area (Å²) in [7, 11) is 1.59. The summed E-state index contributed by atoms with van der Waals surface area (Å²) in [5, 5.41) is 0. The number of methoxy groups -OCH3 is 1. The van der Waals surface area contributed by atoms with Crippen molar-refractivity contribution in [1.82, 2.24) is 0 Å². The summed E-state index contributed by atoms with van der Waals surface area (Å²) in [4.78, 5) is 13.5. The maximum atomic E-state index is 12.3. The van der Waals surface area contributed by atoms with E-state index in [4.69, 9.17) is 4.74 Å². The predicted molar refractivity (Wildman–Crippen MR) is 83.9 cm³/mol. The van der Waals surface area contributed by atoms with Crippen molar-refractivity contribution in [3.63, 3.8) is 0 Å². The van der Waals surface area contributed by atoms with Crippen molar-refractivity contribution >= 4 is 17.5 Å². The molecule has 0 saturated heterocycles. The molecule has 0 unspecified atom stereocenters. The Bertz CT molecular complexity index is 593. The lowest BCUT2D eigenvalue weighted by Gasteiger charge is -2.09. The number of rotatable bonds is 6. The summed E-state index contributed by atoms with van der Waals surface area (Å²) >= 11 is 1.71. The maximum absolute atomic E-state index is 12.3. The standard InChI is InChI=1S/C17H18O2S/c1-19-16-9-5-4-8-14(16)15(18)12-11-13-7-3-6-10-17(13)20-2/h3-10H,11-12H2,1-2H3. The van der Waals surface area contributed by atoms with Crippen LogP contribution in [0.3, 0.4) is 0 Å². The van der Waals surface area contributed by atoms with Gasteiger partial charge in [0.05, 0.1) is 12.7 Å². The first-order valence-corrected chi connectivity index (χ1v) is 7.77. The lowest BCUT2D eigenvalue weighted by Crippen LogP contribution is -2.04. The molecule has 0 atom stereocenters. The van der Waals surface area contributed by atoms with Crippen molar-refractivity contribution in [3.8, 4) is 5.75 Å². The van der Waals surface area contributed by atoms with Crippen LogP contribution < -0.4 is 4.74 Å². The van der Waals surface area contributed by atoms with Gasteiger partial charge in [-0.3, -0.25) is 4.79 Å². The molecular formula is C17H18O2S. The van der Waals surface area contributed by atoms with Crippen LogP contribution in [0.1, 0.15) is 22.3 Å². The second kappa shape index (κ2) is 7.15. The molecule has 2 aromatic carbocycles. The zero-order chi connectivity index (χ0) is 14.4. The average Bonchev–Trinajstić information content (AvgIpc) is 2.52. The number of carbonyl (C=O) groups excluding carboxylic acids is 1. The summed E-state index contributed by atoms with van der Waals surface area (Å²) in [6, 6.07) is 15.6. The predicted octanol–water partition coefficient (Wildman–Crippen LogP) is 4.23. The Morgan fingerprint density at radius 2 is 1.80 bits per heavy atom. The first-order valence-electron chi connectivity index (χ1n) is 6.54. The molecule has 0 aliphatic carbocycles. The van der Waals surface area contributed by atoms with Crippen LogP contribution in [0.15, 0.2) is 53.4 Å². The SMILES string of the molecule is COc1ccccc1C(=O)CCc1ccccc1SC. The van der Waals surface area contributed by atoms with E-state index in [1.807, 2.05) is 36.4 Å². The van der Waals surface area contributed by atoms with Crippen molar-refractivity contribution < 1.29 is 9.53 Å². The van der Waals surface area contributed by atoms with Crippen molar-refractivity contribution in [2.45, 2.75) is 17.7 Å². The van der Waals surface area contributed by atoms with Crippen molar-refractivity contribution in [3.05, 3.63) is 59.7 Å². The molecular weight excluding hydrogens is 268 g/mol. The third-order valence-corrected chi connectivity index (χ3v) is 4.06. The smallest absolute Gasteiger partial charge is 0.166 e. The molecule has 20 heavy (non-hydrogen) atoms. The molecule has 0 bridgehead atoms. The molecule has 0 saturated carbocycles. The fourth-order valence-electron chi connectivity index (χ4n) is 2.17. The van der Waals surface area contributed by atoms with Crippen LogP contribution in [0.5, 0.6) is 5.75 Å². The van der Waals surface area contributed by atoms with Gasteiger partial charge in [0.1, 0.15) is 5.75 Å². The molecule has 2 aromatic rings. The molecule has 0 amide bonds. The molecule has 2 rings (SSSR count). The number of carbonyl (C=O) groups is 1. The molecule has 104 valence electrons. The fraction of sp³-hybridized carbons (Fsp3) is 0.235. The second-order valence-electron chi connectivity index (χ2n) is 4.44. The van der Waals surface area contributed by atoms with Gasteiger partial charge in [0.2, 0.25) is 0 Å². The molecule has 0 aliphatic rings. The van der Waals surface area contributed by atoms with Crippen LogP contribution >= 0.6 is 11.8 Å². The van der Waals surface area contributed by atoms with Gasteiger partial charge in [0.15, 0.2) is 5.78 Å². The molecule has 0 heterocycles. The van der Waals surface area contributed by atoms with Gasteiger partial charge in [0.25, 0.3) is 0 Å². The monoisotopic (exact) mass is 286 g/mol. The van der Waals surface area contributed by atoms with Gasteiger partial charge in [-0.25, -0.2) is 0 Å². The fourth-order valence-corrected chi connectivity index (χ4v) is 2.81. The minimum absolute atomic E-state index is 0.123. The Kier molecular flexibility index (Phi) is 5.24. The first-order chi connectivity index (χ1) is 9.76. The van der Waals surface area contributed by atoms with Gasteiger partial charge < -0.3 is 4.74 Å². The molecule has 0 spiro atoms. The van der Waals surface area contributed by atoms with Crippen LogP contribution in [0.4, 0.5) is 0 Å². The Labute approximate surface area is 124 Å². The lowest BCUT2D eigenvalue weighted by atomic mass is 10.0. The molecule has 3 heteroatoms. The number of benzene rings is 2.